The molecule has 2 rings (SSSR count). The molecule has 0 bridgehead atoms. The molecule has 0 spiro atoms. The van der Waals surface area contributed by atoms with Gasteiger partial charge in [0.1, 0.15) is 10.8 Å². The summed E-state index contributed by atoms with van der Waals surface area (Å²) in [5.74, 6) is 0.283. The second-order valence-electron chi connectivity index (χ2n) is 4.09. The number of rotatable bonds is 5. The number of nitrogen functional groups attached to an aromatic ring is 1. The number of anilines is 1. The highest BCUT2D eigenvalue weighted by Crippen LogP contribution is 2.35. The lowest BCUT2D eigenvalue weighted by atomic mass is 10.2. The average molecular weight is 304 g/mol. The molecule has 0 fully saturated rings. The van der Waals surface area contributed by atoms with Crippen molar-refractivity contribution >= 4 is 23.4 Å². The number of carbonyl (C=O) groups excluding carboxylic acids is 1. The minimum absolute atomic E-state index is 0.298. The van der Waals surface area contributed by atoms with E-state index in [0.29, 0.717) is 22.9 Å². The molecule has 1 aromatic carbocycles. The maximum atomic E-state index is 12.0. The van der Waals surface area contributed by atoms with Gasteiger partial charge in [0.05, 0.1) is 36.1 Å². The van der Waals surface area contributed by atoms with E-state index in [9.17, 15) is 4.79 Å². The van der Waals surface area contributed by atoms with Crippen molar-refractivity contribution in [2.45, 2.75) is 16.8 Å². The van der Waals surface area contributed by atoms with Crippen LogP contribution in [0.1, 0.15) is 17.3 Å². The van der Waals surface area contributed by atoms with Gasteiger partial charge in [0.15, 0.2) is 0 Å². The molecule has 2 N–H and O–H groups in total. The SMILES string of the molecule is CCOC(=O)c1cc(N)cnc1Sc1ccccc1OC. The summed E-state index contributed by atoms with van der Waals surface area (Å²) in [5.41, 5.74) is 6.48. The first-order valence-corrected chi connectivity index (χ1v) is 7.21. The number of hydrogen-bond donors (Lipinski definition) is 1. The van der Waals surface area contributed by atoms with E-state index in [4.69, 9.17) is 15.2 Å². The van der Waals surface area contributed by atoms with Gasteiger partial charge in [-0.1, -0.05) is 23.9 Å². The number of methoxy groups -OCH3 is 1. The van der Waals surface area contributed by atoms with Gasteiger partial charge in [-0.05, 0) is 25.1 Å². The number of nitrogens with zero attached hydrogens (tertiary/aromatic N) is 1. The molecule has 0 saturated heterocycles. The quantitative estimate of drug-likeness (QED) is 0.856. The minimum atomic E-state index is -0.435. The predicted molar refractivity (Wildman–Crippen MR) is 81.7 cm³/mol. The lowest BCUT2D eigenvalue weighted by molar-refractivity contribution is 0.0521. The van der Waals surface area contributed by atoms with E-state index < -0.39 is 5.97 Å². The monoisotopic (exact) mass is 304 g/mol. The van der Waals surface area contributed by atoms with Gasteiger partial charge in [-0.2, -0.15) is 0 Å². The van der Waals surface area contributed by atoms with Crippen LogP contribution >= 0.6 is 11.8 Å². The third-order valence-electron chi connectivity index (χ3n) is 2.64. The van der Waals surface area contributed by atoms with Crippen molar-refractivity contribution in [1.82, 2.24) is 4.98 Å². The molecule has 2 aromatic rings. The van der Waals surface area contributed by atoms with Crippen molar-refractivity contribution in [2.24, 2.45) is 0 Å². The Bertz CT molecular complexity index is 647. The Hall–Kier alpha value is -2.21. The third kappa shape index (κ3) is 3.66. The Labute approximate surface area is 127 Å². The summed E-state index contributed by atoms with van der Waals surface area (Å²) in [4.78, 5) is 17.1. The highest BCUT2D eigenvalue weighted by atomic mass is 32.2. The molecule has 0 atom stereocenters. The summed E-state index contributed by atoms with van der Waals surface area (Å²) >= 11 is 1.34. The standard InChI is InChI=1S/C15H16N2O3S/c1-3-20-15(18)11-8-10(16)9-17-14(11)21-13-7-5-4-6-12(13)19-2/h4-9H,3,16H2,1-2H3. The second kappa shape index (κ2) is 6.99. The first kappa shape index (κ1) is 15.2. The van der Waals surface area contributed by atoms with Crippen molar-refractivity contribution < 1.29 is 14.3 Å². The van der Waals surface area contributed by atoms with E-state index >= 15 is 0 Å². The fourth-order valence-corrected chi connectivity index (χ4v) is 2.68. The zero-order chi connectivity index (χ0) is 15.2. The molecule has 0 aliphatic carbocycles. The molecule has 0 unspecified atom stereocenters. The van der Waals surface area contributed by atoms with Gasteiger partial charge in [-0.15, -0.1) is 0 Å². The Morgan fingerprint density at radius 3 is 2.86 bits per heavy atom. The second-order valence-corrected chi connectivity index (χ2v) is 5.13. The molecule has 21 heavy (non-hydrogen) atoms. The number of carbonyl (C=O) groups is 1. The summed E-state index contributed by atoms with van der Waals surface area (Å²) in [6, 6.07) is 9.10. The maximum Gasteiger partial charge on any atom is 0.340 e. The number of ether oxygens (including phenoxy) is 2. The molecule has 0 aliphatic rings. The zero-order valence-corrected chi connectivity index (χ0v) is 12.6. The van der Waals surface area contributed by atoms with E-state index in [0.717, 1.165) is 10.6 Å². The number of esters is 1. The highest BCUT2D eigenvalue weighted by Gasteiger charge is 2.17. The number of nitrogens with two attached hydrogens (primary N) is 1. The van der Waals surface area contributed by atoms with E-state index in [2.05, 4.69) is 4.98 Å². The summed E-state index contributed by atoms with van der Waals surface area (Å²) in [7, 11) is 1.60. The van der Waals surface area contributed by atoms with E-state index in [1.807, 2.05) is 24.3 Å². The van der Waals surface area contributed by atoms with Crippen LogP contribution in [-0.4, -0.2) is 24.7 Å². The van der Waals surface area contributed by atoms with Gasteiger partial charge in [0, 0.05) is 0 Å². The molecule has 6 heteroatoms. The number of pyridine rings is 1. The average Bonchev–Trinajstić information content (AvgIpc) is 2.49. The molecular weight excluding hydrogens is 288 g/mol. The smallest absolute Gasteiger partial charge is 0.340 e. The normalized spacial score (nSPS) is 10.2. The number of aromatic nitrogens is 1. The van der Waals surface area contributed by atoms with Gasteiger partial charge in [-0.25, -0.2) is 9.78 Å². The molecule has 5 nitrogen and oxygen atoms in total. The van der Waals surface area contributed by atoms with Crippen LogP contribution in [-0.2, 0) is 4.74 Å². The van der Waals surface area contributed by atoms with Crippen molar-refractivity contribution in [3.8, 4) is 5.75 Å². The van der Waals surface area contributed by atoms with Crippen LogP contribution in [0.2, 0.25) is 0 Å². The molecule has 0 radical (unpaired) electrons. The molecule has 0 saturated carbocycles. The molecular formula is C15H16N2O3S. The lowest BCUT2D eigenvalue weighted by Gasteiger charge is -2.10. The van der Waals surface area contributed by atoms with Crippen LogP contribution < -0.4 is 10.5 Å². The van der Waals surface area contributed by atoms with Crippen LogP contribution in [0.4, 0.5) is 5.69 Å². The molecule has 1 heterocycles. The molecule has 0 amide bonds. The highest BCUT2D eigenvalue weighted by molar-refractivity contribution is 7.99. The third-order valence-corrected chi connectivity index (χ3v) is 3.72. The summed E-state index contributed by atoms with van der Waals surface area (Å²) in [6.07, 6.45) is 1.51. The first-order valence-electron chi connectivity index (χ1n) is 6.39. The van der Waals surface area contributed by atoms with Gasteiger partial charge < -0.3 is 15.2 Å². The number of benzene rings is 1. The molecule has 1 aromatic heterocycles. The fraction of sp³-hybridized carbons (Fsp3) is 0.200. The molecule has 110 valence electrons. The van der Waals surface area contributed by atoms with Gasteiger partial charge in [0.25, 0.3) is 0 Å². The van der Waals surface area contributed by atoms with Crippen LogP contribution in [0.3, 0.4) is 0 Å². The van der Waals surface area contributed by atoms with Crippen molar-refractivity contribution in [3.63, 3.8) is 0 Å². The number of hydrogen-bond acceptors (Lipinski definition) is 6. The minimum Gasteiger partial charge on any atom is -0.496 e. The van der Waals surface area contributed by atoms with Crippen molar-refractivity contribution in [3.05, 3.63) is 42.1 Å². The van der Waals surface area contributed by atoms with E-state index in [-0.39, 0.29) is 0 Å². The lowest BCUT2D eigenvalue weighted by Crippen LogP contribution is -2.08. The van der Waals surface area contributed by atoms with Crippen molar-refractivity contribution in [1.29, 1.82) is 0 Å². The summed E-state index contributed by atoms with van der Waals surface area (Å²) in [5, 5.41) is 0.534. The predicted octanol–water partition coefficient (Wildman–Crippen LogP) is 3.00. The maximum absolute atomic E-state index is 12.0. The van der Waals surface area contributed by atoms with Gasteiger partial charge in [-0.3, -0.25) is 0 Å². The zero-order valence-electron chi connectivity index (χ0n) is 11.8. The van der Waals surface area contributed by atoms with Crippen molar-refractivity contribution in [2.75, 3.05) is 19.5 Å². The Morgan fingerprint density at radius 1 is 1.38 bits per heavy atom. The first-order chi connectivity index (χ1) is 10.2. The number of para-hydroxylation sites is 1. The molecule has 0 aliphatic heterocycles. The van der Waals surface area contributed by atoms with Crippen LogP contribution in [0.15, 0.2) is 46.5 Å². The Kier molecular flexibility index (Phi) is 5.05. The van der Waals surface area contributed by atoms with Gasteiger partial charge >= 0.3 is 5.97 Å². The van der Waals surface area contributed by atoms with E-state index in [1.54, 1.807) is 20.1 Å². The Morgan fingerprint density at radius 2 is 2.14 bits per heavy atom. The van der Waals surface area contributed by atoms with Crippen LogP contribution in [0.25, 0.3) is 0 Å². The van der Waals surface area contributed by atoms with Gasteiger partial charge in [0.2, 0.25) is 0 Å². The fourth-order valence-electron chi connectivity index (χ4n) is 1.71. The van der Waals surface area contributed by atoms with E-state index in [1.165, 1.54) is 18.0 Å². The van der Waals surface area contributed by atoms with Crippen LogP contribution in [0, 0.1) is 0 Å². The summed E-state index contributed by atoms with van der Waals surface area (Å²) < 4.78 is 10.3. The largest absolute Gasteiger partial charge is 0.496 e. The summed E-state index contributed by atoms with van der Waals surface area (Å²) in [6.45, 7) is 2.05. The topological polar surface area (TPSA) is 74.4 Å². The Balaban J connectivity index is 2.37. The van der Waals surface area contributed by atoms with Crippen LogP contribution in [0.5, 0.6) is 5.75 Å².